The van der Waals surface area contributed by atoms with E-state index in [-0.39, 0.29) is 6.10 Å². The SMILES string of the molecule is CCC(CC)C(O)CNc1ncnc(NC)c1Br. The fraction of sp³-hybridized carbons (Fsp3) is 0.667. The summed E-state index contributed by atoms with van der Waals surface area (Å²) in [5.74, 6) is 1.74. The zero-order chi connectivity index (χ0) is 13.5. The van der Waals surface area contributed by atoms with Crippen LogP contribution in [0.25, 0.3) is 0 Å². The van der Waals surface area contributed by atoms with Crippen LogP contribution in [0.4, 0.5) is 11.6 Å². The van der Waals surface area contributed by atoms with Crippen LogP contribution in [0, 0.1) is 5.92 Å². The molecule has 0 radical (unpaired) electrons. The first-order chi connectivity index (χ1) is 8.63. The van der Waals surface area contributed by atoms with Crippen LogP contribution in [0.1, 0.15) is 26.7 Å². The monoisotopic (exact) mass is 316 g/mol. The molecule has 1 rings (SSSR count). The van der Waals surface area contributed by atoms with Crippen molar-refractivity contribution in [3.8, 4) is 0 Å². The van der Waals surface area contributed by atoms with E-state index in [1.165, 1.54) is 6.33 Å². The van der Waals surface area contributed by atoms with Gasteiger partial charge in [-0.05, 0) is 21.8 Å². The van der Waals surface area contributed by atoms with Gasteiger partial charge in [0, 0.05) is 13.6 Å². The van der Waals surface area contributed by atoms with Crippen LogP contribution in [0.15, 0.2) is 10.8 Å². The Morgan fingerprint density at radius 1 is 1.28 bits per heavy atom. The molecule has 1 unspecified atom stereocenters. The first-order valence-corrected chi connectivity index (χ1v) is 7.03. The number of nitrogens with zero attached hydrogens (tertiary/aromatic N) is 2. The highest BCUT2D eigenvalue weighted by molar-refractivity contribution is 9.10. The molecule has 0 saturated heterocycles. The third kappa shape index (κ3) is 3.81. The molecule has 0 fully saturated rings. The second kappa shape index (κ2) is 7.53. The Bertz CT molecular complexity index is 371. The second-order valence-corrected chi connectivity index (χ2v) is 4.95. The lowest BCUT2D eigenvalue weighted by Gasteiger charge is -2.21. The first kappa shape index (κ1) is 15.2. The van der Waals surface area contributed by atoms with Crippen molar-refractivity contribution in [2.24, 2.45) is 5.92 Å². The second-order valence-electron chi connectivity index (χ2n) is 4.16. The summed E-state index contributed by atoms with van der Waals surface area (Å²) in [4.78, 5) is 8.23. The maximum atomic E-state index is 10.1. The molecule has 6 heteroatoms. The zero-order valence-electron chi connectivity index (χ0n) is 11.1. The topological polar surface area (TPSA) is 70.1 Å². The first-order valence-electron chi connectivity index (χ1n) is 6.24. The van der Waals surface area contributed by atoms with Crippen molar-refractivity contribution in [1.82, 2.24) is 9.97 Å². The van der Waals surface area contributed by atoms with Gasteiger partial charge in [0.25, 0.3) is 0 Å². The minimum Gasteiger partial charge on any atom is -0.391 e. The smallest absolute Gasteiger partial charge is 0.146 e. The van der Waals surface area contributed by atoms with Gasteiger partial charge in [0.15, 0.2) is 0 Å². The molecule has 0 bridgehead atoms. The Balaban J connectivity index is 2.63. The van der Waals surface area contributed by atoms with Crippen LogP contribution in [-0.4, -0.2) is 34.8 Å². The van der Waals surface area contributed by atoms with E-state index in [2.05, 4.69) is 50.4 Å². The van der Waals surface area contributed by atoms with Crippen molar-refractivity contribution < 1.29 is 5.11 Å². The number of aromatic nitrogens is 2. The molecular formula is C12H21BrN4O. The maximum absolute atomic E-state index is 10.1. The van der Waals surface area contributed by atoms with Gasteiger partial charge in [-0.15, -0.1) is 0 Å². The van der Waals surface area contributed by atoms with E-state index >= 15 is 0 Å². The van der Waals surface area contributed by atoms with E-state index in [9.17, 15) is 5.11 Å². The lowest BCUT2D eigenvalue weighted by atomic mass is 9.97. The van der Waals surface area contributed by atoms with E-state index in [1.54, 1.807) is 7.05 Å². The van der Waals surface area contributed by atoms with Gasteiger partial charge in [-0.2, -0.15) is 0 Å². The fourth-order valence-electron chi connectivity index (χ4n) is 1.87. The Hall–Kier alpha value is -0.880. The Labute approximate surface area is 117 Å². The third-order valence-electron chi connectivity index (χ3n) is 3.10. The molecule has 0 aliphatic carbocycles. The molecule has 0 aliphatic heterocycles. The molecule has 1 heterocycles. The summed E-state index contributed by atoms with van der Waals surface area (Å²) >= 11 is 3.43. The van der Waals surface area contributed by atoms with Crippen molar-refractivity contribution >= 4 is 27.6 Å². The van der Waals surface area contributed by atoms with Crippen LogP contribution >= 0.6 is 15.9 Å². The molecule has 1 aromatic heterocycles. The fourth-order valence-corrected chi connectivity index (χ4v) is 2.41. The van der Waals surface area contributed by atoms with E-state index in [4.69, 9.17) is 0 Å². The standard InChI is InChI=1S/C12H21BrN4O/c1-4-8(5-2)9(18)6-15-12-10(13)11(14-3)16-7-17-12/h7-9,18H,4-6H2,1-3H3,(H2,14,15,16,17). The number of hydrogen-bond acceptors (Lipinski definition) is 5. The Kier molecular flexibility index (Phi) is 6.35. The number of rotatable bonds is 7. The molecule has 102 valence electrons. The average Bonchev–Trinajstić information content (AvgIpc) is 2.39. The lowest BCUT2D eigenvalue weighted by Crippen LogP contribution is -2.28. The largest absolute Gasteiger partial charge is 0.391 e. The minimum atomic E-state index is -0.361. The van der Waals surface area contributed by atoms with Crippen LogP contribution in [0.5, 0.6) is 0 Å². The normalized spacial score (nSPS) is 12.6. The molecule has 0 aliphatic rings. The molecule has 0 aromatic carbocycles. The molecular weight excluding hydrogens is 296 g/mol. The summed E-state index contributed by atoms with van der Waals surface area (Å²) in [7, 11) is 1.80. The van der Waals surface area contributed by atoms with Crippen molar-refractivity contribution in [2.75, 3.05) is 24.2 Å². The molecule has 1 atom stereocenters. The Morgan fingerprint density at radius 3 is 2.44 bits per heavy atom. The highest BCUT2D eigenvalue weighted by Crippen LogP contribution is 2.26. The number of aliphatic hydroxyl groups is 1. The molecule has 18 heavy (non-hydrogen) atoms. The molecule has 3 N–H and O–H groups in total. The number of anilines is 2. The van der Waals surface area contributed by atoms with Gasteiger partial charge in [0.2, 0.25) is 0 Å². The van der Waals surface area contributed by atoms with Gasteiger partial charge < -0.3 is 15.7 Å². The number of aliphatic hydroxyl groups excluding tert-OH is 1. The highest BCUT2D eigenvalue weighted by Gasteiger charge is 2.16. The molecule has 0 saturated carbocycles. The lowest BCUT2D eigenvalue weighted by molar-refractivity contribution is 0.114. The van der Waals surface area contributed by atoms with Crippen LogP contribution < -0.4 is 10.6 Å². The van der Waals surface area contributed by atoms with Crippen molar-refractivity contribution in [3.63, 3.8) is 0 Å². The van der Waals surface area contributed by atoms with Crippen molar-refractivity contribution in [3.05, 3.63) is 10.8 Å². The van der Waals surface area contributed by atoms with Crippen LogP contribution in [0.3, 0.4) is 0 Å². The summed E-state index contributed by atoms with van der Waals surface area (Å²) in [6.07, 6.45) is 3.08. The van der Waals surface area contributed by atoms with E-state index in [1.807, 2.05) is 0 Å². The predicted molar refractivity (Wildman–Crippen MR) is 77.8 cm³/mol. The van der Waals surface area contributed by atoms with E-state index < -0.39 is 0 Å². The summed E-state index contributed by atoms with van der Waals surface area (Å²) in [5, 5.41) is 16.2. The van der Waals surface area contributed by atoms with Crippen molar-refractivity contribution in [1.29, 1.82) is 0 Å². The van der Waals surface area contributed by atoms with Crippen LogP contribution in [-0.2, 0) is 0 Å². The third-order valence-corrected chi connectivity index (χ3v) is 3.85. The van der Waals surface area contributed by atoms with Gasteiger partial charge in [-0.25, -0.2) is 9.97 Å². The average molecular weight is 317 g/mol. The zero-order valence-corrected chi connectivity index (χ0v) is 12.7. The van der Waals surface area contributed by atoms with Gasteiger partial charge >= 0.3 is 0 Å². The number of hydrogen-bond donors (Lipinski definition) is 3. The Morgan fingerprint density at radius 2 is 1.89 bits per heavy atom. The summed E-state index contributed by atoms with van der Waals surface area (Å²) < 4.78 is 0.782. The predicted octanol–water partition coefficient (Wildman–Crippen LogP) is 2.49. The number of halogens is 1. The van der Waals surface area contributed by atoms with Gasteiger partial charge in [-0.1, -0.05) is 26.7 Å². The van der Waals surface area contributed by atoms with Gasteiger partial charge in [-0.3, -0.25) is 0 Å². The van der Waals surface area contributed by atoms with E-state index in [0.717, 1.165) is 23.1 Å². The maximum Gasteiger partial charge on any atom is 0.146 e. The molecule has 0 amide bonds. The summed E-state index contributed by atoms with van der Waals surface area (Å²) in [6.45, 7) is 4.68. The quantitative estimate of drug-likeness (QED) is 0.721. The molecule has 5 nitrogen and oxygen atoms in total. The highest BCUT2D eigenvalue weighted by atomic mass is 79.9. The van der Waals surface area contributed by atoms with Gasteiger partial charge in [0.1, 0.15) is 22.4 Å². The van der Waals surface area contributed by atoms with Gasteiger partial charge in [0.05, 0.1) is 6.10 Å². The van der Waals surface area contributed by atoms with E-state index in [0.29, 0.717) is 18.3 Å². The van der Waals surface area contributed by atoms with Crippen LogP contribution in [0.2, 0.25) is 0 Å². The molecule has 0 spiro atoms. The summed E-state index contributed by atoms with van der Waals surface area (Å²) in [5.41, 5.74) is 0. The summed E-state index contributed by atoms with van der Waals surface area (Å²) in [6, 6.07) is 0. The number of nitrogens with one attached hydrogen (secondary N) is 2. The molecule has 1 aromatic rings. The minimum absolute atomic E-state index is 0.321. The van der Waals surface area contributed by atoms with Crippen molar-refractivity contribution in [2.45, 2.75) is 32.8 Å².